The third-order valence-electron chi connectivity index (χ3n) is 8.11. The lowest BCUT2D eigenvalue weighted by Crippen LogP contribution is -2.51. The number of benzene rings is 2. The molecule has 2 heterocycles. The molecule has 0 radical (unpaired) electrons. The molecule has 2 aliphatic heterocycles. The molecule has 0 atom stereocenters. The number of anilines is 1. The van der Waals surface area contributed by atoms with Gasteiger partial charge >= 0.3 is 6.18 Å². The van der Waals surface area contributed by atoms with Gasteiger partial charge in [0.2, 0.25) is 5.92 Å². The third-order valence-corrected chi connectivity index (χ3v) is 8.11. The van der Waals surface area contributed by atoms with Crippen LogP contribution < -0.4 is 10.2 Å². The lowest BCUT2D eigenvalue weighted by atomic mass is 9.60. The Kier molecular flexibility index (Phi) is 9.08. The van der Waals surface area contributed by atoms with Gasteiger partial charge in [0.25, 0.3) is 5.91 Å². The molecule has 2 aromatic carbocycles. The smallest absolute Gasteiger partial charge is 0.325 e. The number of carbonyl (C=O) groups excluding carboxylic acids is 1. The first kappa shape index (κ1) is 31.6. The van der Waals surface area contributed by atoms with Crippen molar-refractivity contribution in [1.29, 1.82) is 10.8 Å². The van der Waals surface area contributed by atoms with Crippen molar-refractivity contribution in [1.82, 2.24) is 15.1 Å². The Bertz CT molecular complexity index is 1330. The van der Waals surface area contributed by atoms with Crippen molar-refractivity contribution in [2.75, 3.05) is 38.1 Å². The standard InChI is InChI=1S/C28H31F5N6O.C2H6/c1-37(17-34)24(35)12-26(15-27(29,30)16-26)19-3-2-4-20(11-19)39-14-22-21(25(39)40)9-18(10-23(22)28(31,32)33)13-38-7-5-36-6-8-38;1-2/h2-4,9-11,17,34-36H,5-8,12-16H2,1H3;1-2H3. The summed E-state index contributed by atoms with van der Waals surface area (Å²) in [5, 5.41) is 18.8. The average molecular weight is 593 g/mol. The normalized spacial score (nSPS) is 19.3. The van der Waals surface area contributed by atoms with E-state index in [1.807, 2.05) is 18.7 Å². The minimum absolute atomic E-state index is 0.00430. The summed E-state index contributed by atoms with van der Waals surface area (Å²) < 4.78 is 70.8. The minimum Gasteiger partial charge on any atom is -0.325 e. The van der Waals surface area contributed by atoms with Crippen LogP contribution in [0.25, 0.3) is 0 Å². The van der Waals surface area contributed by atoms with E-state index in [1.54, 1.807) is 30.3 Å². The zero-order chi connectivity index (χ0) is 30.9. The van der Waals surface area contributed by atoms with Gasteiger partial charge in [0.1, 0.15) is 5.84 Å². The van der Waals surface area contributed by atoms with Crippen LogP contribution in [0.15, 0.2) is 36.4 Å². The van der Waals surface area contributed by atoms with Crippen molar-refractivity contribution >= 4 is 23.8 Å². The molecule has 0 bridgehead atoms. The lowest BCUT2D eigenvalue weighted by Gasteiger charge is -2.48. The summed E-state index contributed by atoms with van der Waals surface area (Å²) in [7, 11) is 1.49. The van der Waals surface area contributed by atoms with Gasteiger partial charge in [-0.2, -0.15) is 13.2 Å². The van der Waals surface area contributed by atoms with Gasteiger partial charge in [-0.3, -0.25) is 20.5 Å². The summed E-state index contributed by atoms with van der Waals surface area (Å²) in [6.45, 7) is 6.89. The number of halogens is 5. The van der Waals surface area contributed by atoms with Crippen LogP contribution in [-0.2, 0) is 24.7 Å². The molecule has 3 N–H and O–H groups in total. The van der Waals surface area contributed by atoms with E-state index >= 15 is 0 Å². The predicted molar refractivity (Wildman–Crippen MR) is 153 cm³/mol. The van der Waals surface area contributed by atoms with E-state index in [2.05, 4.69) is 5.32 Å². The van der Waals surface area contributed by atoms with Crippen molar-refractivity contribution in [3.8, 4) is 0 Å². The van der Waals surface area contributed by atoms with E-state index in [0.29, 0.717) is 36.4 Å². The predicted octanol–water partition coefficient (Wildman–Crippen LogP) is 5.87. The number of alkyl halides is 5. The fraction of sp³-hybridized carbons (Fsp3) is 0.500. The van der Waals surface area contributed by atoms with Crippen molar-refractivity contribution in [2.45, 2.75) is 63.7 Å². The van der Waals surface area contributed by atoms with Crippen molar-refractivity contribution in [2.24, 2.45) is 0 Å². The number of piperazine rings is 1. The first-order chi connectivity index (χ1) is 19.8. The second kappa shape index (κ2) is 12.1. The lowest BCUT2D eigenvalue weighted by molar-refractivity contribution is -0.138. The zero-order valence-electron chi connectivity index (χ0n) is 24.0. The molecule has 12 heteroatoms. The Labute approximate surface area is 242 Å². The number of rotatable bonds is 7. The van der Waals surface area contributed by atoms with Crippen LogP contribution >= 0.6 is 0 Å². The topological polar surface area (TPSA) is 86.5 Å². The van der Waals surface area contributed by atoms with Gasteiger partial charge in [-0.25, -0.2) is 8.78 Å². The molecule has 2 fully saturated rings. The Hall–Kier alpha value is -3.38. The zero-order valence-corrected chi connectivity index (χ0v) is 24.0. The fourth-order valence-corrected chi connectivity index (χ4v) is 6.04. The molecule has 2 aromatic rings. The van der Waals surface area contributed by atoms with Crippen LogP contribution in [0, 0.1) is 10.8 Å². The molecule has 228 valence electrons. The molecular formula is C30H37F5N6O. The first-order valence-corrected chi connectivity index (χ1v) is 14.1. The molecule has 1 aliphatic carbocycles. The van der Waals surface area contributed by atoms with Gasteiger partial charge < -0.3 is 15.1 Å². The Balaban J connectivity index is 0.00000198. The average Bonchev–Trinajstić information content (AvgIpc) is 3.28. The number of nitrogens with one attached hydrogen (secondary N) is 3. The number of nitrogens with zero attached hydrogens (tertiary/aromatic N) is 3. The second-order valence-corrected chi connectivity index (χ2v) is 11.0. The highest BCUT2D eigenvalue weighted by molar-refractivity contribution is 6.10. The van der Waals surface area contributed by atoms with Crippen LogP contribution in [0.3, 0.4) is 0 Å². The largest absolute Gasteiger partial charge is 0.416 e. The van der Waals surface area contributed by atoms with Crippen LogP contribution in [0.4, 0.5) is 27.6 Å². The molecule has 42 heavy (non-hydrogen) atoms. The van der Waals surface area contributed by atoms with Crippen molar-refractivity contribution < 1.29 is 26.7 Å². The third kappa shape index (κ3) is 6.34. The molecule has 3 aliphatic rings. The molecule has 1 amide bonds. The summed E-state index contributed by atoms with van der Waals surface area (Å²) in [5.41, 5.74) is -0.787. The molecule has 0 spiro atoms. The monoisotopic (exact) mass is 592 g/mol. The maximum atomic E-state index is 14.2. The number of amidine groups is 1. The maximum absolute atomic E-state index is 14.2. The summed E-state index contributed by atoms with van der Waals surface area (Å²) in [6.07, 6.45) is -4.76. The first-order valence-electron chi connectivity index (χ1n) is 14.1. The number of fused-ring (bicyclic) bond motifs is 1. The van der Waals surface area contributed by atoms with E-state index < -0.39 is 41.8 Å². The molecule has 0 aromatic heterocycles. The maximum Gasteiger partial charge on any atom is 0.416 e. The molecule has 7 nitrogen and oxygen atoms in total. The second-order valence-electron chi connectivity index (χ2n) is 11.0. The number of hydrogen-bond donors (Lipinski definition) is 3. The van der Waals surface area contributed by atoms with E-state index in [0.717, 1.165) is 25.5 Å². The Morgan fingerprint density at radius 1 is 1.12 bits per heavy atom. The fourth-order valence-electron chi connectivity index (χ4n) is 6.04. The van der Waals surface area contributed by atoms with Gasteiger partial charge in [-0.05, 0) is 41.0 Å². The number of carbonyl (C=O) groups is 1. The van der Waals surface area contributed by atoms with Gasteiger partial charge in [-0.1, -0.05) is 26.0 Å². The highest BCUT2D eigenvalue weighted by Gasteiger charge is 2.57. The highest BCUT2D eigenvalue weighted by Crippen LogP contribution is 2.56. The van der Waals surface area contributed by atoms with Crippen LogP contribution in [0.5, 0.6) is 0 Å². The summed E-state index contributed by atoms with van der Waals surface area (Å²) in [5.74, 6) is -3.49. The SMILES string of the molecule is CC.CN(C=N)C(=N)CC1(c2cccc(N3Cc4c(cc(CN5CCNCC5)cc4C(F)(F)F)C3=O)c2)CC(F)(F)C1. The van der Waals surface area contributed by atoms with Crippen LogP contribution in [0.1, 0.15) is 65.7 Å². The van der Waals surface area contributed by atoms with E-state index in [1.165, 1.54) is 16.8 Å². The highest BCUT2D eigenvalue weighted by atomic mass is 19.4. The van der Waals surface area contributed by atoms with E-state index in [9.17, 15) is 26.7 Å². The van der Waals surface area contributed by atoms with Crippen LogP contribution in [0.2, 0.25) is 0 Å². The Morgan fingerprint density at radius 2 is 1.79 bits per heavy atom. The molecular weight excluding hydrogens is 555 g/mol. The summed E-state index contributed by atoms with van der Waals surface area (Å²) in [6, 6.07) is 9.08. The quantitative estimate of drug-likeness (QED) is 0.213. The van der Waals surface area contributed by atoms with Gasteiger partial charge in [0.15, 0.2) is 0 Å². The van der Waals surface area contributed by atoms with Gasteiger partial charge in [0.05, 0.1) is 18.4 Å². The van der Waals surface area contributed by atoms with Gasteiger partial charge in [0, 0.05) is 75.7 Å². The summed E-state index contributed by atoms with van der Waals surface area (Å²) in [4.78, 5) is 18.1. The summed E-state index contributed by atoms with van der Waals surface area (Å²) >= 11 is 0. The van der Waals surface area contributed by atoms with E-state index in [4.69, 9.17) is 10.8 Å². The van der Waals surface area contributed by atoms with Crippen molar-refractivity contribution in [3.05, 3.63) is 64.2 Å². The number of amides is 1. The minimum atomic E-state index is -4.65. The molecule has 5 rings (SSSR count). The van der Waals surface area contributed by atoms with Crippen molar-refractivity contribution in [3.63, 3.8) is 0 Å². The Morgan fingerprint density at radius 3 is 2.38 bits per heavy atom. The molecule has 1 saturated carbocycles. The van der Waals surface area contributed by atoms with Crippen LogP contribution in [-0.4, -0.2) is 67.0 Å². The molecule has 1 saturated heterocycles. The molecule has 0 unspecified atom stereocenters. The van der Waals surface area contributed by atoms with E-state index in [-0.39, 0.29) is 29.9 Å². The number of hydrogen-bond acceptors (Lipinski definition) is 5. The van der Waals surface area contributed by atoms with Gasteiger partial charge in [-0.15, -0.1) is 0 Å².